The third-order valence-electron chi connectivity index (χ3n) is 3.36. The number of nitrogens with zero attached hydrogens (tertiary/aromatic N) is 3. The number of aromatic nitrogens is 2. The monoisotopic (exact) mass is 252 g/mol. The summed E-state index contributed by atoms with van der Waals surface area (Å²) < 4.78 is 5.15. The molecule has 1 aromatic heterocycles. The molecule has 0 aromatic carbocycles. The quantitative estimate of drug-likeness (QED) is 0.872. The molecule has 0 unspecified atom stereocenters. The maximum Gasteiger partial charge on any atom is 0.321 e. The Bertz CT molecular complexity index is 343. The lowest BCUT2D eigenvalue weighted by Crippen LogP contribution is -2.30. The lowest BCUT2D eigenvalue weighted by molar-refractivity contribution is 0.295. The van der Waals surface area contributed by atoms with Crippen molar-refractivity contribution in [2.24, 2.45) is 0 Å². The number of hydrogen-bond donors (Lipinski definition) is 1. The third-order valence-corrected chi connectivity index (χ3v) is 3.36. The first kappa shape index (κ1) is 13.3. The summed E-state index contributed by atoms with van der Waals surface area (Å²) in [6.45, 7) is 8.50. The van der Waals surface area contributed by atoms with Crippen LogP contribution in [0.15, 0.2) is 4.52 Å². The van der Waals surface area contributed by atoms with E-state index in [4.69, 9.17) is 4.52 Å². The molecule has 5 nitrogen and oxygen atoms in total. The highest BCUT2D eigenvalue weighted by Gasteiger charge is 2.11. The molecule has 0 radical (unpaired) electrons. The fourth-order valence-corrected chi connectivity index (χ4v) is 2.22. The Labute approximate surface area is 109 Å². The molecule has 1 aliphatic rings. The van der Waals surface area contributed by atoms with Crippen molar-refractivity contribution < 1.29 is 4.52 Å². The van der Waals surface area contributed by atoms with Gasteiger partial charge in [0.05, 0.1) is 0 Å². The second-order valence-corrected chi connectivity index (χ2v) is 5.30. The van der Waals surface area contributed by atoms with Crippen molar-refractivity contribution >= 4 is 6.01 Å². The van der Waals surface area contributed by atoms with Crippen LogP contribution in [0.4, 0.5) is 6.01 Å². The topological polar surface area (TPSA) is 54.2 Å². The van der Waals surface area contributed by atoms with E-state index >= 15 is 0 Å². The molecule has 1 saturated heterocycles. The van der Waals surface area contributed by atoms with Crippen LogP contribution >= 0.6 is 0 Å². The second-order valence-electron chi connectivity index (χ2n) is 5.30. The van der Waals surface area contributed by atoms with Crippen molar-refractivity contribution in [2.45, 2.75) is 45.4 Å². The zero-order chi connectivity index (χ0) is 12.8. The van der Waals surface area contributed by atoms with E-state index in [-0.39, 0.29) is 0 Å². The summed E-state index contributed by atoms with van der Waals surface area (Å²) in [5, 5.41) is 7.14. The van der Waals surface area contributed by atoms with Gasteiger partial charge in [-0.2, -0.15) is 4.98 Å². The van der Waals surface area contributed by atoms with Crippen LogP contribution in [0.2, 0.25) is 0 Å². The molecule has 1 N–H and O–H groups in total. The number of likely N-dealkylation sites (tertiary alicyclic amines) is 1. The average molecular weight is 252 g/mol. The van der Waals surface area contributed by atoms with E-state index in [1.165, 1.54) is 38.8 Å². The van der Waals surface area contributed by atoms with Crippen LogP contribution in [-0.4, -0.2) is 41.2 Å². The SMILES string of the molecule is CC(C)c1noc(NCCN2CCCCCC2)n1. The molecular weight excluding hydrogens is 228 g/mol. The van der Waals surface area contributed by atoms with Gasteiger partial charge in [-0.15, -0.1) is 0 Å². The zero-order valence-electron chi connectivity index (χ0n) is 11.5. The largest absolute Gasteiger partial charge is 0.336 e. The van der Waals surface area contributed by atoms with Crippen molar-refractivity contribution in [2.75, 3.05) is 31.5 Å². The number of nitrogens with one attached hydrogen (secondary N) is 1. The van der Waals surface area contributed by atoms with Crippen LogP contribution < -0.4 is 5.32 Å². The van der Waals surface area contributed by atoms with Gasteiger partial charge >= 0.3 is 6.01 Å². The predicted octanol–water partition coefficient (Wildman–Crippen LogP) is 2.48. The maximum absolute atomic E-state index is 5.15. The van der Waals surface area contributed by atoms with Gasteiger partial charge in [-0.3, -0.25) is 0 Å². The number of anilines is 1. The number of rotatable bonds is 5. The Balaban J connectivity index is 1.70. The van der Waals surface area contributed by atoms with Gasteiger partial charge in [-0.1, -0.05) is 31.8 Å². The van der Waals surface area contributed by atoms with Gasteiger partial charge in [0, 0.05) is 19.0 Å². The van der Waals surface area contributed by atoms with E-state index in [1.807, 2.05) is 0 Å². The molecule has 0 amide bonds. The van der Waals surface area contributed by atoms with Crippen molar-refractivity contribution in [3.8, 4) is 0 Å². The Kier molecular flexibility index (Phi) is 4.99. The van der Waals surface area contributed by atoms with Crippen LogP contribution in [0, 0.1) is 0 Å². The van der Waals surface area contributed by atoms with Gasteiger partial charge in [0.15, 0.2) is 5.82 Å². The molecule has 0 spiro atoms. The minimum absolute atomic E-state index is 0.315. The van der Waals surface area contributed by atoms with Crippen LogP contribution in [0.25, 0.3) is 0 Å². The summed E-state index contributed by atoms with van der Waals surface area (Å²) in [5.41, 5.74) is 0. The minimum atomic E-state index is 0.315. The zero-order valence-corrected chi connectivity index (χ0v) is 11.5. The lowest BCUT2D eigenvalue weighted by atomic mass is 10.2. The highest BCUT2D eigenvalue weighted by atomic mass is 16.5. The van der Waals surface area contributed by atoms with E-state index < -0.39 is 0 Å². The van der Waals surface area contributed by atoms with Gasteiger partial charge in [0.2, 0.25) is 0 Å². The van der Waals surface area contributed by atoms with Crippen molar-refractivity contribution in [1.29, 1.82) is 0 Å². The summed E-state index contributed by atoms with van der Waals surface area (Å²) in [6.07, 6.45) is 5.42. The molecular formula is C13H24N4O. The van der Waals surface area contributed by atoms with Gasteiger partial charge < -0.3 is 14.7 Å². The van der Waals surface area contributed by atoms with Crippen molar-refractivity contribution in [3.63, 3.8) is 0 Å². The van der Waals surface area contributed by atoms with Crippen LogP contribution in [0.3, 0.4) is 0 Å². The lowest BCUT2D eigenvalue weighted by Gasteiger charge is -2.19. The molecule has 0 saturated carbocycles. The fraction of sp³-hybridized carbons (Fsp3) is 0.846. The first-order valence-electron chi connectivity index (χ1n) is 7.05. The first-order valence-corrected chi connectivity index (χ1v) is 7.05. The van der Waals surface area contributed by atoms with Crippen LogP contribution in [0.1, 0.15) is 51.3 Å². The summed E-state index contributed by atoms with van der Waals surface area (Å²) in [4.78, 5) is 6.82. The maximum atomic E-state index is 5.15. The Hall–Kier alpha value is -1.10. The van der Waals surface area contributed by atoms with Crippen molar-refractivity contribution in [3.05, 3.63) is 5.82 Å². The third kappa shape index (κ3) is 3.98. The highest BCUT2D eigenvalue weighted by molar-refractivity contribution is 5.18. The van der Waals surface area contributed by atoms with E-state index in [2.05, 4.69) is 34.2 Å². The summed E-state index contributed by atoms with van der Waals surface area (Å²) >= 11 is 0. The average Bonchev–Trinajstić information content (AvgIpc) is 2.67. The van der Waals surface area contributed by atoms with Crippen LogP contribution in [0.5, 0.6) is 0 Å². The Morgan fingerprint density at radius 3 is 2.56 bits per heavy atom. The summed E-state index contributed by atoms with van der Waals surface area (Å²) in [5.74, 6) is 1.09. The normalized spacial score (nSPS) is 17.9. The number of hydrogen-bond acceptors (Lipinski definition) is 5. The molecule has 2 rings (SSSR count). The molecule has 102 valence electrons. The molecule has 0 bridgehead atoms. The van der Waals surface area contributed by atoms with Gasteiger partial charge in [-0.25, -0.2) is 0 Å². The Morgan fingerprint density at radius 1 is 1.22 bits per heavy atom. The molecule has 1 aliphatic heterocycles. The molecule has 1 fully saturated rings. The second kappa shape index (κ2) is 6.73. The van der Waals surface area contributed by atoms with E-state index in [9.17, 15) is 0 Å². The summed E-state index contributed by atoms with van der Waals surface area (Å²) in [6, 6.07) is 0.550. The predicted molar refractivity (Wildman–Crippen MR) is 71.8 cm³/mol. The first-order chi connectivity index (χ1) is 8.75. The van der Waals surface area contributed by atoms with Gasteiger partial charge in [-0.05, 0) is 25.9 Å². The van der Waals surface area contributed by atoms with Gasteiger partial charge in [0.25, 0.3) is 0 Å². The smallest absolute Gasteiger partial charge is 0.321 e. The summed E-state index contributed by atoms with van der Waals surface area (Å²) in [7, 11) is 0. The Morgan fingerprint density at radius 2 is 1.94 bits per heavy atom. The molecule has 2 heterocycles. The van der Waals surface area contributed by atoms with Crippen LogP contribution in [-0.2, 0) is 0 Å². The van der Waals surface area contributed by atoms with Gasteiger partial charge in [0.1, 0.15) is 0 Å². The minimum Gasteiger partial charge on any atom is -0.336 e. The van der Waals surface area contributed by atoms with E-state index in [1.54, 1.807) is 0 Å². The molecule has 18 heavy (non-hydrogen) atoms. The molecule has 1 aromatic rings. The molecule has 5 heteroatoms. The molecule has 0 aliphatic carbocycles. The fourth-order valence-electron chi connectivity index (χ4n) is 2.22. The van der Waals surface area contributed by atoms with E-state index in [0.717, 1.165) is 18.9 Å². The van der Waals surface area contributed by atoms with E-state index in [0.29, 0.717) is 11.9 Å². The standard InChI is InChI=1S/C13H24N4O/c1-11(2)12-15-13(18-16-12)14-7-10-17-8-5-3-4-6-9-17/h11H,3-10H2,1-2H3,(H,14,15,16). The van der Waals surface area contributed by atoms with Crippen molar-refractivity contribution in [1.82, 2.24) is 15.0 Å². The molecule has 0 atom stereocenters. The highest BCUT2D eigenvalue weighted by Crippen LogP contribution is 2.12.